The van der Waals surface area contributed by atoms with Gasteiger partial charge in [-0.05, 0) is 18.1 Å². The molecular formula is C15H19N3O. The first-order valence-electron chi connectivity index (χ1n) is 6.62. The van der Waals surface area contributed by atoms with Gasteiger partial charge in [-0.25, -0.2) is 4.68 Å². The Balaban J connectivity index is 2.30. The molecule has 1 heterocycles. The first-order valence-corrected chi connectivity index (χ1v) is 6.62. The first-order chi connectivity index (χ1) is 9.24. The van der Waals surface area contributed by atoms with Crippen LogP contribution in [0.4, 0.5) is 0 Å². The summed E-state index contributed by atoms with van der Waals surface area (Å²) < 4.78 is 1.41. The Labute approximate surface area is 112 Å². The number of nitrogens with zero attached hydrogens (tertiary/aromatic N) is 2. The number of nitrogens with two attached hydrogens (primary N) is 1. The maximum atomic E-state index is 11.6. The van der Waals surface area contributed by atoms with Crippen LogP contribution in [-0.4, -0.2) is 16.3 Å². The van der Waals surface area contributed by atoms with Crippen molar-refractivity contribution >= 4 is 0 Å². The normalized spacial score (nSPS) is 10.6. The van der Waals surface area contributed by atoms with Gasteiger partial charge in [0.2, 0.25) is 0 Å². The third-order valence-corrected chi connectivity index (χ3v) is 3.00. The number of benzene rings is 1. The third kappa shape index (κ3) is 3.29. The SMILES string of the molecule is CCCc1ccc(-c2ccc(=O)n(CCN)n2)cc1. The lowest BCUT2D eigenvalue weighted by Crippen LogP contribution is -2.25. The second-order valence-corrected chi connectivity index (χ2v) is 4.52. The average Bonchev–Trinajstić information content (AvgIpc) is 2.43. The van der Waals surface area contributed by atoms with Gasteiger partial charge in [0.15, 0.2) is 0 Å². The molecule has 0 fully saturated rings. The van der Waals surface area contributed by atoms with Crippen LogP contribution >= 0.6 is 0 Å². The van der Waals surface area contributed by atoms with Crippen LogP contribution in [0, 0.1) is 0 Å². The molecule has 19 heavy (non-hydrogen) atoms. The zero-order valence-electron chi connectivity index (χ0n) is 11.2. The highest BCUT2D eigenvalue weighted by atomic mass is 16.1. The molecule has 4 heteroatoms. The summed E-state index contributed by atoms with van der Waals surface area (Å²) in [5.74, 6) is 0. The Morgan fingerprint density at radius 2 is 1.89 bits per heavy atom. The summed E-state index contributed by atoms with van der Waals surface area (Å²) >= 11 is 0. The van der Waals surface area contributed by atoms with E-state index in [1.165, 1.54) is 16.3 Å². The van der Waals surface area contributed by atoms with Crippen LogP contribution in [0.5, 0.6) is 0 Å². The van der Waals surface area contributed by atoms with Crippen LogP contribution in [-0.2, 0) is 13.0 Å². The monoisotopic (exact) mass is 257 g/mol. The van der Waals surface area contributed by atoms with Crippen molar-refractivity contribution in [1.29, 1.82) is 0 Å². The van der Waals surface area contributed by atoms with Gasteiger partial charge < -0.3 is 5.73 Å². The van der Waals surface area contributed by atoms with Gasteiger partial charge in [0.05, 0.1) is 12.2 Å². The maximum absolute atomic E-state index is 11.6. The average molecular weight is 257 g/mol. The number of aromatic nitrogens is 2. The van der Waals surface area contributed by atoms with Gasteiger partial charge >= 0.3 is 0 Å². The summed E-state index contributed by atoms with van der Waals surface area (Å²) in [5.41, 5.74) is 8.50. The van der Waals surface area contributed by atoms with Gasteiger partial charge in [0, 0.05) is 18.2 Å². The second-order valence-electron chi connectivity index (χ2n) is 4.52. The summed E-state index contributed by atoms with van der Waals surface area (Å²) in [7, 11) is 0. The second kappa shape index (κ2) is 6.29. The zero-order valence-corrected chi connectivity index (χ0v) is 11.2. The molecule has 0 saturated heterocycles. The van der Waals surface area contributed by atoms with Gasteiger partial charge in [-0.3, -0.25) is 4.79 Å². The molecule has 100 valence electrons. The minimum atomic E-state index is -0.114. The van der Waals surface area contributed by atoms with Gasteiger partial charge in [-0.1, -0.05) is 37.6 Å². The van der Waals surface area contributed by atoms with E-state index >= 15 is 0 Å². The van der Waals surface area contributed by atoms with Gasteiger partial charge in [-0.2, -0.15) is 5.10 Å². The van der Waals surface area contributed by atoms with Crippen molar-refractivity contribution in [1.82, 2.24) is 9.78 Å². The molecule has 0 spiro atoms. The zero-order chi connectivity index (χ0) is 13.7. The van der Waals surface area contributed by atoms with Crippen molar-refractivity contribution in [3.8, 4) is 11.3 Å². The number of hydrogen-bond donors (Lipinski definition) is 1. The van der Waals surface area contributed by atoms with E-state index < -0.39 is 0 Å². The molecule has 0 amide bonds. The largest absolute Gasteiger partial charge is 0.329 e. The van der Waals surface area contributed by atoms with Crippen molar-refractivity contribution < 1.29 is 0 Å². The fourth-order valence-electron chi connectivity index (χ4n) is 2.02. The summed E-state index contributed by atoms with van der Waals surface area (Å²) in [5, 5.41) is 4.33. The Kier molecular flexibility index (Phi) is 4.47. The van der Waals surface area contributed by atoms with Crippen molar-refractivity contribution in [2.24, 2.45) is 5.73 Å². The Hall–Kier alpha value is -1.94. The van der Waals surface area contributed by atoms with Crippen molar-refractivity contribution in [2.45, 2.75) is 26.3 Å². The van der Waals surface area contributed by atoms with E-state index in [-0.39, 0.29) is 5.56 Å². The van der Waals surface area contributed by atoms with Gasteiger partial charge in [-0.15, -0.1) is 0 Å². The highest BCUT2D eigenvalue weighted by Gasteiger charge is 2.03. The summed E-state index contributed by atoms with van der Waals surface area (Å²) in [6.45, 7) is 3.02. The van der Waals surface area contributed by atoms with E-state index in [1.54, 1.807) is 6.07 Å². The molecule has 4 nitrogen and oxygen atoms in total. The maximum Gasteiger partial charge on any atom is 0.266 e. The Morgan fingerprint density at radius 3 is 2.53 bits per heavy atom. The van der Waals surface area contributed by atoms with Gasteiger partial charge in [0.1, 0.15) is 0 Å². The van der Waals surface area contributed by atoms with E-state index in [1.807, 2.05) is 12.1 Å². The summed E-state index contributed by atoms with van der Waals surface area (Å²) in [6.07, 6.45) is 2.22. The molecule has 0 atom stereocenters. The van der Waals surface area contributed by atoms with Crippen LogP contribution in [0.3, 0.4) is 0 Å². The lowest BCUT2D eigenvalue weighted by atomic mass is 10.1. The van der Waals surface area contributed by atoms with Crippen LogP contribution in [0.25, 0.3) is 11.3 Å². The molecule has 0 aliphatic rings. The van der Waals surface area contributed by atoms with E-state index in [4.69, 9.17) is 5.73 Å². The Morgan fingerprint density at radius 1 is 1.16 bits per heavy atom. The molecule has 0 bridgehead atoms. The number of hydrogen-bond acceptors (Lipinski definition) is 3. The van der Waals surface area contributed by atoms with Crippen molar-refractivity contribution in [2.75, 3.05) is 6.54 Å². The topological polar surface area (TPSA) is 60.9 Å². The fraction of sp³-hybridized carbons (Fsp3) is 0.333. The van der Waals surface area contributed by atoms with Crippen molar-refractivity contribution in [3.05, 3.63) is 52.3 Å². The molecule has 2 N–H and O–H groups in total. The van der Waals surface area contributed by atoms with Gasteiger partial charge in [0.25, 0.3) is 5.56 Å². The molecule has 2 aromatic rings. The van der Waals surface area contributed by atoms with E-state index in [9.17, 15) is 4.79 Å². The highest BCUT2D eigenvalue weighted by molar-refractivity contribution is 5.58. The predicted octanol–water partition coefficient (Wildman–Crippen LogP) is 1.82. The Bertz CT molecular complexity index is 587. The molecule has 0 aliphatic carbocycles. The molecule has 0 aliphatic heterocycles. The van der Waals surface area contributed by atoms with E-state index in [2.05, 4.69) is 24.2 Å². The quantitative estimate of drug-likeness (QED) is 0.888. The fourth-order valence-corrected chi connectivity index (χ4v) is 2.02. The highest BCUT2D eigenvalue weighted by Crippen LogP contribution is 2.16. The lowest BCUT2D eigenvalue weighted by Gasteiger charge is -2.06. The summed E-state index contributed by atoms with van der Waals surface area (Å²) in [4.78, 5) is 11.6. The van der Waals surface area contributed by atoms with Crippen LogP contribution in [0.15, 0.2) is 41.2 Å². The molecule has 1 aromatic heterocycles. The van der Waals surface area contributed by atoms with E-state index in [0.29, 0.717) is 13.1 Å². The predicted molar refractivity (Wildman–Crippen MR) is 77.0 cm³/mol. The van der Waals surface area contributed by atoms with E-state index in [0.717, 1.165) is 24.1 Å². The molecule has 0 saturated carbocycles. The van der Waals surface area contributed by atoms with Crippen LogP contribution < -0.4 is 11.3 Å². The standard InChI is InChI=1S/C15H19N3O/c1-2-3-12-4-6-13(7-5-12)14-8-9-15(19)18(17-14)11-10-16/h4-9H,2-3,10-11,16H2,1H3. The van der Waals surface area contributed by atoms with Crippen molar-refractivity contribution in [3.63, 3.8) is 0 Å². The molecule has 1 aromatic carbocycles. The first kappa shape index (κ1) is 13.5. The van der Waals surface area contributed by atoms with Crippen LogP contribution in [0.2, 0.25) is 0 Å². The number of rotatable bonds is 5. The summed E-state index contributed by atoms with van der Waals surface area (Å²) in [6, 6.07) is 11.6. The molecular weight excluding hydrogens is 238 g/mol. The smallest absolute Gasteiger partial charge is 0.266 e. The molecule has 0 unspecified atom stereocenters. The minimum absolute atomic E-state index is 0.114. The minimum Gasteiger partial charge on any atom is -0.329 e. The molecule has 0 radical (unpaired) electrons. The molecule has 2 rings (SSSR count). The number of aryl methyl sites for hydroxylation is 1. The lowest BCUT2D eigenvalue weighted by molar-refractivity contribution is 0.590. The van der Waals surface area contributed by atoms with Crippen LogP contribution in [0.1, 0.15) is 18.9 Å². The third-order valence-electron chi connectivity index (χ3n) is 3.00.